The Labute approximate surface area is 99.1 Å². The van der Waals surface area contributed by atoms with Gasteiger partial charge in [-0.05, 0) is 29.6 Å². The maximum absolute atomic E-state index is 10.8. The van der Waals surface area contributed by atoms with Crippen molar-refractivity contribution in [1.29, 1.82) is 0 Å². The average molecular weight is 236 g/mol. The van der Waals surface area contributed by atoms with Gasteiger partial charge in [-0.1, -0.05) is 13.0 Å². The molecule has 0 radical (unpaired) electrons. The summed E-state index contributed by atoms with van der Waals surface area (Å²) in [6.07, 6.45) is -0.488. The van der Waals surface area contributed by atoms with Crippen LogP contribution in [0.4, 0.5) is 0 Å². The number of hydrogen-bond donors (Lipinski definition) is 2. The summed E-state index contributed by atoms with van der Waals surface area (Å²) in [6.45, 7) is 2.11. The van der Waals surface area contributed by atoms with Crippen molar-refractivity contribution in [2.45, 2.75) is 26.1 Å². The highest BCUT2D eigenvalue weighted by Crippen LogP contribution is 2.18. The van der Waals surface area contributed by atoms with Crippen molar-refractivity contribution in [2.75, 3.05) is 0 Å². The standard InChI is InChI=1S/C11H13BO5/c1-2-10(11(13)14)17-8-4-3-7-6-16-12(15)9(7)5-8/h3-5,10,15H,2,6H2,1H3,(H,13,14). The minimum atomic E-state index is -0.996. The summed E-state index contributed by atoms with van der Waals surface area (Å²) >= 11 is 0. The summed E-state index contributed by atoms with van der Waals surface area (Å²) < 4.78 is 10.4. The van der Waals surface area contributed by atoms with Crippen molar-refractivity contribution in [3.8, 4) is 5.75 Å². The topological polar surface area (TPSA) is 76.0 Å². The zero-order valence-electron chi connectivity index (χ0n) is 9.42. The molecule has 0 aliphatic carbocycles. The van der Waals surface area contributed by atoms with E-state index in [4.69, 9.17) is 14.5 Å². The molecule has 2 N–H and O–H groups in total. The summed E-state index contributed by atoms with van der Waals surface area (Å²) in [5, 5.41) is 18.4. The number of carbonyl (C=O) groups is 1. The molecule has 0 spiro atoms. The van der Waals surface area contributed by atoms with Gasteiger partial charge in [0.05, 0.1) is 6.61 Å². The van der Waals surface area contributed by atoms with Crippen molar-refractivity contribution in [1.82, 2.24) is 0 Å². The van der Waals surface area contributed by atoms with Crippen molar-refractivity contribution in [2.24, 2.45) is 0 Å². The molecule has 1 aromatic carbocycles. The largest absolute Gasteiger partial charge is 0.491 e. The third-order valence-electron chi connectivity index (χ3n) is 2.70. The molecule has 1 unspecified atom stereocenters. The Balaban J connectivity index is 2.18. The van der Waals surface area contributed by atoms with Crippen LogP contribution >= 0.6 is 0 Å². The molecule has 0 saturated heterocycles. The average Bonchev–Trinajstić information content (AvgIpc) is 2.67. The van der Waals surface area contributed by atoms with Gasteiger partial charge in [-0.25, -0.2) is 4.79 Å². The first kappa shape index (κ1) is 11.9. The van der Waals surface area contributed by atoms with Gasteiger partial charge >= 0.3 is 13.1 Å². The monoisotopic (exact) mass is 236 g/mol. The fourth-order valence-corrected chi connectivity index (χ4v) is 1.74. The molecule has 0 bridgehead atoms. The highest BCUT2D eigenvalue weighted by molar-refractivity contribution is 6.61. The first-order chi connectivity index (χ1) is 8.11. The van der Waals surface area contributed by atoms with Gasteiger partial charge < -0.3 is 19.5 Å². The minimum Gasteiger partial charge on any atom is -0.479 e. The van der Waals surface area contributed by atoms with Crippen LogP contribution in [0.3, 0.4) is 0 Å². The normalized spacial score (nSPS) is 15.5. The van der Waals surface area contributed by atoms with E-state index >= 15 is 0 Å². The van der Waals surface area contributed by atoms with Crippen LogP contribution in [0.25, 0.3) is 0 Å². The smallest absolute Gasteiger partial charge is 0.479 e. The summed E-state index contributed by atoms with van der Waals surface area (Å²) in [5.74, 6) is -0.563. The fraction of sp³-hybridized carbons (Fsp3) is 0.364. The van der Waals surface area contributed by atoms with Crippen molar-refractivity contribution in [3.05, 3.63) is 23.8 Å². The van der Waals surface area contributed by atoms with Crippen molar-refractivity contribution >= 4 is 18.6 Å². The number of carboxylic acids is 1. The van der Waals surface area contributed by atoms with Gasteiger partial charge in [0, 0.05) is 0 Å². The molecule has 2 rings (SSSR count). The molecule has 0 saturated carbocycles. The molecule has 1 aromatic rings. The van der Waals surface area contributed by atoms with Crippen molar-refractivity contribution in [3.63, 3.8) is 0 Å². The molecule has 17 heavy (non-hydrogen) atoms. The zero-order valence-corrected chi connectivity index (χ0v) is 9.42. The van der Waals surface area contributed by atoms with Gasteiger partial charge in [0.2, 0.25) is 0 Å². The predicted octanol–water partition coefficient (Wildman–Crippen LogP) is 0.146. The Morgan fingerprint density at radius 1 is 1.65 bits per heavy atom. The van der Waals surface area contributed by atoms with Gasteiger partial charge in [-0.3, -0.25) is 0 Å². The number of rotatable bonds is 4. The van der Waals surface area contributed by atoms with E-state index in [1.165, 1.54) is 0 Å². The van der Waals surface area contributed by atoms with E-state index in [9.17, 15) is 9.82 Å². The van der Waals surface area contributed by atoms with Crippen LogP contribution in [0.1, 0.15) is 18.9 Å². The molecule has 0 aromatic heterocycles. The highest BCUT2D eigenvalue weighted by Gasteiger charge is 2.28. The second kappa shape index (κ2) is 4.77. The number of ether oxygens (including phenoxy) is 1. The Hall–Kier alpha value is -1.53. The van der Waals surface area contributed by atoms with E-state index in [-0.39, 0.29) is 0 Å². The van der Waals surface area contributed by atoms with Gasteiger partial charge in [0.1, 0.15) is 5.75 Å². The molecule has 6 heteroatoms. The first-order valence-corrected chi connectivity index (χ1v) is 5.43. The van der Waals surface area contributed by atoms with Gasteiger partial charge in [0.15, 0.2) is 6.10 Å². The van der Waals surface area contributed by atoms with Crippen LogP contribution in [0, 0.1) is 0 Å². The second-order valence-corrected chi connectivity index (χ2v) is 3.88. The maximum atomic E-state index is 10.8. The van der Waals surface area contributed by atoms with E-state index in [2.05, 4.69) is 0 Å². The summed E-state index contributed by atoms with van der Waals surface area (Å²) in [7, 11) is -0.946. The Bertz CT molecular complexity index is 434. The molecule has 1 atom stereocenters. The number of carboxylic acid groups (broad SMARTS) is 1. The molecule has 5 nitrogen and oxygen atoms in total. The third-order valence-corrected chi connectivity index (χ3v) is 2.70. The van der Waals surface area contributed by atoms with E-state index in [0.29, 0.717) is 24.2 Å². The lowest BCUT2D eigenvalue weighted by atomic mass is 9.79. The number of fused-ring (bicyclic) bond motifs is 1. The van der Waals surface area contributed by atoms with Crippen LogP contribution in [0.15, 0.2) is 18.2 Å². The molecule has 90 valence electrons. The third kappa shape index (κ3) is 2.43. The molecule has 1 heterocycles. The maximum Gasteiger partial charge on any atom is 0.491 e. The minimum absolute atomic E-state index is 0.368. The summed E-state index contributed by atoms with van der Waals surface area (Å²) in [4.78, 5) is 10.8. The van der Waals surface area contributed by atoms with Gasteiger partial charge in [0.25, 0.3) is 0 Å². The molecule has 0 amide bonds. The van der Waals surface area contributed by atoms with Crippen LogP contribution in [0.2, 0.25) is 0 Å². The van der Waals surface area contributed by atoms with E-state index in [1.54, 1.807) is 25.1 Å². The van der Waals surface area contributed by atoms with E-state index < -0.39 is 19.2 Å². The van der Waals surface area contributed by atoms with Crippen molar-refractivity contribution < 1.29 is 24.3 Å². The fourth-order valence-electron chi connectivity index (χ4n) is 1.74. The molecule has 0 fully saturated rings. The highest BCUT2D eigenvalue weighted by atomic mass is 16.5. The Kier molecular flexibility index (Phi) is 3.35. The zero-order chi connectivity index (χ0) is 12.4. The molecule has 1 aliphatic heterocycles. The lowest BCUT2D eigenvalue weighted by Gasteiger charge is -2.13. The number of aliphatic carboxylic acids is 1. The van der Waals surface area contributed by atoms with Crippen LogP contribution in [-0.4, -0.2) is 29.3 Å². The first-order valence-electron chi connectivity index (χ1n) is 5.43. The number of benzene rings is 1. The van der Waals surface area contributed by atoms with Crippen LogP contribution in [-0.2, 0) is 16.1 Å². The van der Waals surface area contributed by atoms with E-state index in [1.807, 2.05) is 0 Å². The Morgan fingerprint density at radius 3 is 3.06 bits per heavy atom. The lowest BCUT2D eigenvalue weighted by molar-refractivity contribution is -0.145. The molecule has 1 aliphatic rings. The van der Waals surface area contributed by atoms with Crippen LogP contribution < -0.4 is 10.2 Å². The second-order valence-electron chi connectivity index (χ2n) is 3.88. The van der Waals surface area contributed by atoms with Gasteiger partial charge in [-0.15, -0.1) is 0 Å². The predicted molar refractivity (Wildman–Crippen MR) is 61.2 cm³/mol. The molecular weight excluding hydrogens is 223 g/mol. The van der Waals surface area contributed by atoms with Gasteiger partial charge in [-0.2, -0.15) is 0 Å². The van der Waals surface area contributed by atoms with Crippen LogP contribution in [0.5, 0.6) is 5.75 Å². The lowest BCUT2D eigenvalue weighted by Crippen LogP contribution is -2.29. The summed E-state index contributed by atoms with van der Waals surface area (Å²) in [5.41, 5.74) is 1.54. The Morgan fingerprint density at radius 2 is 2.41 bits per heavy atom. The quantitative estimate of drug-likeness (QED) is 0.727. The SMILES string of the molecule is CCC(Oc1ccc2c(c1)B(O)OC2)C(=O)O. The molecular formula is C11H13BO5. The number of hydrogen-bond acceptors (Lipinski definition) is 4. The summed E-state index contributed by atoms with van der Waals surface area (Å²) in [6, 6.07) is 5.08. The van der Waals surface area contributed by atoms with E-state index in [0.717, 1.165) is 5.56 Å².